The van der Waals surface area contributed by atoms with Gasteiger partial charge in [0.15, 0.2) is 5.16 Å². The van der Waals surface area contributed by atoms with Crippen molar-refractivity contribution in [3.63, 3.8) is 0 Å². The van der Waals surface area contributed by atoms with Crippen molar-refractivity contribution >= 4 is 17.6 Å². The van der Waals surface area contributed by atoms with Crippen LogP contribution in [0, 0.1) is 13.8 Å². The fourth-order valence-electron chi connectivity index (χ4n) is 1.18. The van der Waals surface area contributed by atoms with Gasteiger partial charge in [-0.25, -0.2) is 20.8 Å². The van der Waals surface area contributed by atoms with E-state index in [4.69, 9.17) is 5.84 Å². The summed E-state index contributed by atoms with van der Waals surface area (Å²) in [6.07, 6.45) is 1.45. The van der Waals surface area contributed by atoms with Crippen LogP contribution in [0.25, 0.3) is 0 Å². The molecule has 0 amide bonds. The van der Waals surface area contributed by atoms with Crippen LogP contribution in [0.3, 0.4) is 0 Å². The van der Waals surface area contributed by atoms with Crippen LogP contribution in [0.5, 0.6) is 0 Å². The van der Waals surface area contributed by atoms with Gasteiger partial charge in [-0.05, 0) is 25.6 Å². The zero-order chi connectivity index (χ0) is 11.5. The molecule has 2 aromatic heterocycles. The van der Waals surface area contributed by atoms with Crippen molar-refractivity contribution < 1.29 is 0 Å². The lowest BCUT2D eigenvalue weighted by Gasteiger charge is -2.08. The zero-order valence-corrected chi connectivity index (χ0v) is 9.67. The monoisotopic (exact) mass is 237 g/mol. The predicted octanol–water partition coefficient (Wildman–Crippen LogP) is 0.648. The van der Waals surface area contributed by atoms with E-state index in [2.05, 4.69) is 30.6 Å². The first kappa shape index (κ1) is 10.8. The molecule has 2 heterocycles. The molecule has 8 heteroatoms. The Bertz CT molecular complexity index is 481. The summed E-state index contributed by atoms with van der Waals surface area (Å²) in [5.41, 5.74) is 3.43. The number of nitrogens with one attached hydrogen (secondary N) is 2. The molecule has 0 aliphatic rings. The summed E-state index contributed by atoms with van der Waals surface area (Å²) in [5.74, 6) is 6.65. The maximum absolute atomic E-state index is 5.38. The first-order chi connectivity index (χ1) is 7.70. The van der Waals surface area contributed by atoms with Crippen molar-refractivity contribution in [2.45, 2.75) is 24.0 Å². The molecular weight excluding hydrogens is 226 g/mol. The number of nitrogens with zero attached hydrogens (tertiary/aromatic N) is 4. The van der Waals surface area contributed by atoms with Crippen LogP contribution in [0.1, 0.15) is 11.4 Å². The Balaban J connectivity index is 2.36. The molecule has 16 heavy (non-hydrogen) atoms. The summed E-state index contributed by atoms with van der Waals surface area (Å²) >= 11 is 1.39. The van der Waals surface area contributed by atoms with E-state index in [9.17, 15) is 0 Å². The lowest BCUT2D eigenvalue weighted by atomic mass is 10.3. The minimum absolute atomic E-state index is 0.620. The molecule has 2 aromatic rings. The number of nitrogen functional groups attached to an aromatic ring is 1. The van der Waals surface area contributed by atoms with Gasteiger partial charge in [0.1, 0.15) is 23.0 Å². The molecule has 0 saturated heterocycles. The predicted molar refractivity (Wildman–Crippen MR) is 59.8 cm³/mol. The molecular formula is C8H11N7S. The molecule has 0 bridgehead atoms. The second-order valence-corrected chi connectivity index (χ2v) is 4.06. The highest BCUT2D eigenvalue weighted by Gasteiger charge is 2.10. The van der Waals surface area contributed by atoms with E-state index in [1.54, 1.807) is 0 Å². The van der Waals surface area contributed by atoms with E-state index in [1.165, 1.54) is 18.1 Å². The summed E-state index contributed by atoms with van der Waals surface area (Å²) < 4.78 is 0. The van der Waals surface area contributed by atoms with Gasteiger partial charge >= 0.3 is 0 Å². The van der Waals surface area contributed by atoms with Gasteiger partial charge in [0, 0.05) is 5.56 Å². The Morgan fingerprint density at radius 3 is 2.81 bits per heavy atom. The number of hydrogen-bond donors (Lipinski definition) is 3. The number of anilines is 1. The fraction of sp³-hybridized carbons (Fsp3) is 0.250. The van der Waals surface area contributed by atoms with Gasteiger partial charge < -0.3 is 5.43 Å². The van der Waals surface area contributed by atoms with Crippen LogP contribution in [-0.4, -0.2) is 25.1 Å². The SMILES string of the molecule is Cc1nc(NN)c(C)c(Sc2ncn[nH]2)n1. The number of aromatic nitrogens is 5. The van der Waals surface area contributed by atoms with E-state index in [0.29, 0.717) is 16.8 Å². The second kappa shape index (κ2) is 4.45. The highest BCUT2D eigenvalue weighted by atomic mass is 32.2. The Labute approximate surface area is 96.3 Å². The summed E-state index contributed by atoms with van der Waals surface area (Å²) in [6.45, 7) is 3.71. The molecule has 0 saturated carbocycles. The third kappa shape index (κ3) is 2.12. The zero-order valence-electron chi connectivity index (χ0n) is 8.85. The fourth-order valence-corrected chi connectivity index (χ4v) is 1.99. The third-order valence-electron chi connectivity index (χ3n) is 1.94. The van der Waals surface area contributed by atoms with Crippen LogP contribution in [-0.2, 0) is 0 Å². The molecule has 0 atom stereocenters. The van der Waals surface area contributed by atoms with Crippen LogP contribution in [0.4, 0.5) is 5.82 Å². The van der Waals surface area contributed by atoms with Crippen molar-refractivity contribution in [3.8, 4) is 0 Å². The largest absolute Gasteiger partial charge is 0.308 e. The van der Waals surface area contributed by atoms with Gasteiger partial charge in [0.05, 0.1) is 0 Å². The van der Waals surface area contributed by atoms with Crippen molar-refractivity contribution in [1.82, 2.24) is 25.1 Å². The topological polar surface area (TPSA) is 105 Å². The van der Waals surface area contributed by atoms with Crippen molar-refractivity contribution in [1.29, 1.82) is 0 Å². The number of rotatable bonds is 3. The molecule has 7 nitrogen and oxygen atoms in total. The summed E-state index contributed by atoms with van der Waals surface area (Å²) in [5, 5.41) is 8.02. The average Bonchev–Trinajstić information content (AvgIpc) is 2.75. The number of aryl methyl sites for hydroxylation is 1. The highest BCUT2D eigenvalue weighted by molar-refractivity contribution is 7.99. The standard InChI is InChI=1S/C8H11N7S/c1-4-6(14-9)12-5(2)13-7(4)16-8-10-3-11-15-8/h3H,9H2,1-2H3,(H,10,11,15)(H,12,13,14). The molecule has 0 fully saturated rings. The van der Waals surface area contributed by atoms with Crippen LogP contribution in [0.15, 0.2) is 16.5 Å². The highest BCUT2D eigenvalue weighted by Crippen LogP contribution is 2.28. The Morgan fingerprint density at radius 1 is 1.38 bits per heavy atom. The van der Waals surface area contributed by atoms with Crippen molar-refractivity contribution in [2.24, 2.45) is 5.84 Å². The van der Waals surface area contributed by atoms with Gasteiger partial charge in [-0.3, -0.25) is 5.10 Å². The molecule has 0 spiro atoms. The molecule has 4 N–H and O–H groups in total. The number of H-pyrrole nitrogens is 1. The van der Waals surface area contributed by atoms with Crippen molar-refractivity contribution in [3.05, 3.63) is 17.7 Å². The molecule has 0 aromatic carbocycles. The minimum atomic E-state index is 0.620. The molecule has 2 rings (SSSR count). The average molecular weight is 237 g/mol. The Hall–Kier alpha value is -1.67. The van der Waals surface area contributed by atoms with Gasteiger partial charge in [0.2, 0.25) is 0 Å². The third-order valence-corrected chi connectivity index (χ3v) is 2.92. The summed E-state index contributed by atoms with van der Waals surface area (Å²) in [6, 6.07) is 0. The number of nitrogens with two attached hydrogens (primary N) is 1. The molecule has 84 valence electrons. The molecule has 0 aliphatic heterocycles. The van der Waals surface area contributed by atoms with Crippen molar-refractivity contribution in [2.75, 3.05) is 5.43 Å². The lowest BCUT2D eigenvalue weighted by Crippen LogP contribution is -2.12. The second-order valence-electron chi connectivity index (χ2n) is 3.09. The number of hydrazine groups is 1. The van der Waals surface area contributed by atoms with Crippen LogP contribution >= 0.6 is 11.8 Å². The van der Waals surface area contributed by atoms with E-state index in [1.807, 2.05) is 13.8 Å². The molecule has 0 aliphatic carbocycles. The quantitative estimate of drug-likeness (QED) is 0.409. The van der Waals surface area contributed by atoms with Crippen LogP contribution in [0.2, 0.25) is 0 Å². The summed E-state index contributed by atoms with van der Waals surface area (Å²) in [4.78, 5) is 12.5. The maximum Gasteiger partial charge on any atom is 0.189 e. The lowest BCUT2D eigenvalue weighted by molar-refractivity contribution is 0.921. The summed E-state index contributed by atoms with van der Waals surface area (Å²) in [7, 11) is 0. The van der Waals surface area contributed by atoms with Gasteiger partial charge in [-0.2, -0.15) is 5.10 Å². The van der Waals surface area contributed by atoms with Gasteiger partial charge in [0.25, 0.3) is 0 Å². The first-order valence-corrected chi connectivity index (χ1v) is 5.37. The molecule has 0 unspecified atom stereocenters. The number of hydrogen-bond acceptors (Lipinski definition) is 7. The van der Waals surface area contributed by atoms with E-state index < -0.39 is 0 Å². The van der Waals surface area contributed by atoms with E-state index in [0.717, 1.165) is 10.6 Å². The molecule has 0 radical (unpaired) electrons. The maximum atomic E-state index is 5.38. The first-order valence-electron chi connectivity index (χ1n) is 4.55. The van der Waals surface area contributed by atoms with E-state index in [-0.39, 0.29) is 0 Å². The van der Waals surface area contributed by atoms with E-state index >= 15 is 0 Å². The number of aromatic amines is 1. The van der Waals surface area contributed by atoms with Gasteiger partial charge in [-0.15, -0.1) is 0 Å². The smallest absolute Gasteiger partial charge is 0.189 e. The Morgan fingerprint density at radius 2 is 2.19 bits per heavy atom. The Kier molecular flexibility index (Phi) is 3.02. The normalized spacial score (nSPS) is 10.4. The van der Waals surface area contributed by atoms with Gasteiger partial charge in [-0.1, -0.05) is 0 Å². The minimum Gasteiger partial charge on any atom is -0.308 e. The van der Waals surface area contributed by atoms with Crippen LogP contribution < -0.4 is 11.3 Å².